The van der Waals surface area contributed by atoms with Crippen LogP contribution < -0.4 is 10.5 Å². The summed E-state index contributed by atoms with van der Waals surface area (Å²) in [7, 11) is 1.59. The molecule has 0 saturated carbocycles. The summed E-state index contributed by atoms with van der Waals surface area (Å²) in [5, 5.41) is 0. The zero-order valence-corrected chi connectivity index (χ0v) is 11.9. The lowest BCUT2D eigenvalue weighted by atomic mass is 10.0. The van der Waals surface area contributed by atoms with Gasteiger partial charge in [-0.15, -0.1) is 0 Å². The second-order valence-corrected chi connectivity index (χ2v) is 5.06. The van der Waals surface area contributed by atoms with E-state index in [9.17, 15) is 4.39 Å². The van der Waals surface area contributed by atoms with Crippen LogP contribution in [0.1, 0.15) is 18.9 Å². The van der Waals surface area contributed by atoms with Gasteiger partial charge in [-0.3, -0.25) is 0 Å². The molecule has 0 heterocycles. The lowest BCUT2D eigenvalue weighted by Crippen LogP contribution is -2.15. The summed E-state index contributed by atoms with van der Waals surface area (Å²) in [5.41, 5.74) is 8.71. The van der Waals surface area contributed by atoms with E-state index in [1.165, 1.54) is 17.7 Å². The number of benzene rings is 2. The van der Waals surface area contributed by atoms with E-state index < -0.39 is 0 Å². The minimum absolute atomic E-state index is 0.206. The molecule has 2 aromatic carbocycles. The molecule has 0 aliphatic rings. The van der Waals surface area contributed by atoms with Crippen molar-refractivity contribution in [2.75, 3.05) is 7.11 Å². The molecule has 2 N–H and O–H groups in total. The third-order valence-electron chi connectivity index (χ3n) is 3.31. The standard InChI is InChI=1S/C17H20FNO/c1-12(19)3-4-13-5-7-14(8-6-13)16-11-15(18)9-10-17(16)20-2/h5-12H,3-4,19H2,1-2H3. The highest BCUT2D eigenvalue weighted by molar-refractivity contribution is 5.70. The van der Waals surface area contributed by atoms with Gasteiger partial charge in [-0.05, 0) is 49.1 Å². The lowest BCUT2D eigenvalue weighted by Gasteiger charge is -2.10. The smallest absolute Gasteiger partial charge is 0.126 e. The molecule has 2 aromatic rings. The number of halogens is 1. The van der Waals surface area contributed by atoms with Gasteiger partial charge in [0, 0.05) is 11.6 Å². The molecule has 3 heteroatoms. The van der Waals surface area contributed by atoms with Crippen molar-refractivity contribution >= 4 is 0 Å². The fourth-order valence-electron chi connectivity index (χ4n) is 2.15. The number of methoxy groups -OCH3 is 1. The van der Waals surface area contributed by atoms with Crippen LogP contribution in [0.2, 0.25) is 0 Å². The molecule has 1 atom stereocenters. The monoisotopic (exact) mass is 273 g/mol. The maximum atomic E-state index is 13.4. The van der Waals surface area contributed by atoms with E-state index in [4.69, 9.17) is 10.5 Å². The van der Waals surface area contributed by atoms with Crippen LogP contribution in [0.4, 0.5) is 4.39 Å². The first kappa shape index (κ1) is 14.5. The van der Waals surface area contributed by atoms with Crippen LogP contribution in [0.5, 0.6) is 5.75 Å². The molecule has 0 fully saturated rings. The summed E-state index contributed by atoms with van der Waals surface area (Å²) in [6.45, 7) is 2.01. The highest BCUT2D eigenvalue weighted by Crippen LogP contribution is 2.30. The molecule has 0 aromatic heterocycles. The molecule has 0 amide bonds. The quantitative estimate of drug-likeness (QED) is 0.899. The second kappa shape index (κ2) is 6.53. The third kappa shape index (κ3) is 3.58. The molecule has 0 aliphatic carbocycles. The Balaban J connectivity index is 2.23. The molecule has 1 unspecified atom stereocenters. The number of nitrogens with two attached hydrogens (primary N) is 1. The molecule has 106 valence electrons. The molecule has 2 rings (SSSR count). The molecule has 0 spiro atoms. The SMILES string of the molecule is COc1ccc(F)cc1-c1ccc(CCC(C)N)cc1. The minimum Gasteiger partial charge on any atom is -0.496 e. The van der Waals surface area contributed by atoms with Gasteiger partial charge in [0.1, 0.15) is 11.6 Å². The molecule has 0 aliphatic heterocycles. The maximum Gasteiger partial charge on any atom is 0.126 e. The zero-order chi connectivity index (χ0) is 14.5. The van der Waals surface area contributed by atoms with Gasteiger partial charge < -0.3 is 10.5 Å². The number of ether oxygens (including phenoxy) is 1. The Morgan fingerprint density at radius 1 is 1.15 bits per heavy atom. The summed E-state index contributed by atoms with van der Waals surface area (Å²) < 4.78 is 18.7. The van der Waals surface area contributed by atoms with E-state index >= 15 is 0 Å². The molecule has 0 radical (unpaired) electrons. The summed E-state index contributed by atoms with van der Waals surface area (Å²) in [5.74, 6) is 0.413. The van der Waals surface area contributed by atoms with Crippen LogP contribution in [-0.2, 0) is 6.42 Å². The number of aryl methyl sites for hydroxylation is 1. The molecular formula is C17H20FNO. The van der Waals surface area contributed by atoms with Crippen LogP contribution >= 0.6 is 0 Å². The maximum absolute atomic E-state index is 13.4. The van der Waals surface area contributed by atoms with Gasteiger partial charge in [-0.2, -0.15) is 0 Å². The minimum atomic E-state index is -0.262. The lowest BCUT2D eigenvalue weighted by molar-refractivity contribution is 0.415. The third-order valence-corrected chi connectivity index (χ3v) is 3.31. The van der Waals surface area contributed by atoms with Crippen molar-refractivity contribution in [3.8, 4) is 16.9 Å². The van der Waals surface area contributed by atoms with E-state index in [0.29, 0.717) is 5.75 Å². The Morgan fingerprint density at radius 3 is 2.45 bits per heavy atom. The first-order valence-corrected chi connectivity index (χ1v) is 6.78. The van der Waals surface area contributed by atoms with Crippen LogP contribution in [0.15, 0.2) is 42.5 Å². The normalized spacial score (nSPS) is 12.2. The number of hydrogen-bond acceptors (Lipinski definition) is 2. The molecule has 2 nitrogen and oxygen atoms in total. The van der Waals surface area contributed by atoms with Crippen LogP contribution in [0, 0.1) is 5.82 Å². The Morgan fingerprint density at radius 2 is 1.85 bits per heavy atom. The van der Waals surface area contributed by atoms with E-state index in [0.717, 1.165) is 24.0 Å². The largest absolute Gasteiger partial charge is 0.496 e. The summed E-state index contributed by atoms with van der Waals surface area (Å²) in [6.07, 6.45) is 1.92. The highest BCUT2D eigenvalue weighted by atomic mass is 19.1. The van der Waals surface area contributed by atoms with Crippen molar-refractivity contribution < 1.29 is 9.13 Å². The first-order chi connectivity index (χ1) is 9.60. The number of rotatable bonds is 5. The summed E-state index contributed by atoms with van der Waals surface area (Å²) >= 11 is 0. The van der Waals surface area contributed by atoms with Crippen LogP contribution in [0.3, 0.4) is 0 Å². The molecule has 0 bridgehead atoms. The fraction of sp³-hybridized carbons (Fsp3) is 0.294. The second-order valence-electron chi connectivity index (χ2n) is 5.06. The van der Waals surface area contributed by atoms with Crippen molar-refractivity contribution in [2.45, 2.75) is 25.8 Å². The van der Waals surface area contributed by atoms with Crippen molar-refractivity contribution in [3.63, 3.8) is 0 Å². The molecule has 0 saturated heterocycles. The Labute approximate surface area is 119 Å². The number of hydrogen-bond donors (Lipinski definition) is 1. The Kier molecular flexibility index (Phi) is 4.74. The van der Waals surface area contributed by atoms with Gasteiger partial charge >= 0.3 is 0 Å². The highest BCUT2D eigenvalue weighted by Gasteiger charge is 2.07. The average Bonchev–Trinajstić information content (AvgIpc) is 2.45. The van der Waals surface area contributed by atoms with Gasteiger partial charge in [-0.25, -0.2) is 4.39 Å². The van der Waals surface area contributed by atoms with Crippen molar-refractivity contribution in [2.24, 2.45) is 5.73 Å². The van der Waals surface area contributed by atoms with Gasteiger partial charge in [0.05, 0.1) is 7.11 Å². The van der Waals surface area contributed by atoms with Gasteiger partial charge in [0.15, 0.2) is 0 Å². The van der Waals surface area contributed by atoms with Gasteiger partial charge in [0.2, 0.25) is 0 Å². The molecular weight excluding hydrogens is 253 g/mol. The van der Waals surface area contributed by atoms with E-state index in [-0.39, 0.29) is 11.9 Å². The predicted octanol–water partition coefficient (Wildman–Crippen LogP) is 3.78. The van der Waals surface area contributed by atoms with E-state index in [1.807, 2.05) is 19.1 Å². The predicted molar refractivity (Wildman–Crippen MR) is 80.4 cm³/mol. The molecule has 20 heavy (non-hydrogen) atoms. The summed E-state index contributed by atoms with van der Waals surface area (Å²) in [4.78, 5) is 0. The van der Waals surface area contributed by atoms with Crippen molar-refractivity contribution in [3.05, 3.63) is 53.8 Å². The zero-order valence-electron chi connectivity index (χ0n) is 11.9. The Hall–Kier alpha value is -1.87. The first-order valence-electron chi connectivity index (χ1n) is 6.78. The van der Waals surface area contributed by atoms with E-state index in [2.05, 4.69) is 12.1 Å². The van der Waals surface area contributed by atoms with Gasteiger partial charge in [0.25, 0.3) is 0 Å². The van der Waals surface area contributed by atoms with Crippen LogP contribution in [-0.4, -0.2) is 13.2 Å². The summed E-state index contributed by atoms with van der Waals surface area (Å²) in [6, 6.07) is 12.9. The van der Waals surface area contributed by atoms with Crippen molar-refractivity contribution in [1.82, 2.24) is 0 Å². The van der Waals surface area contributed by atoms with Crippen LogP contribution in [0.25, 0.3) is 11.1 Å². The fourth-order valence-corrected chi connectivity index (χ4v) is 2.15. The van der Waals surface area contributed by atoms with Gasteiger partial charge in [-0.1, -0.05) is 24.3 Å². The van der Waals surface area contributed by atoms with E-state index in [1.54, 1.807) is 13.2 Å². The topological polar surface area (TPSA) is 35.2 Å². The average molecular weight is 273 g/mol. The Bertz CT molecular complexity index is 564. The van der Waals surface area contributed by atoms with Crippen molar-refractivity contribution in [1.29, 1.82) is 0 Å².